The summed E-state index contributed by atoms with van der Waals surface area (Å²) in [4.78, 5) is 12.1. The van der Waals surface area contributed by atoms with E-state index in [0.29, 0.717) is 18.9 Å². The Morgan fingerprint density at radius 2 is 2.11 bits per heavy atom. The van der Waals surface area contributed by atoms with Gasteiger partial charge in [-0.15, -0.1) is 0 Å². The Morgan fingerprint density at radius 3 is 2.58 bits per heavy atom. The minimum Gasteiger partial charge on any atom is -0.409 e. The van der Waals surface area contributed by atoms with Gasteiger partial charge < -0.3 is 16.3 Å². The maximum Gasteiger partial charge on any atom is 0.238 e. The van der Waals surface area contributed by atoms with Crippen LogP contribution in [-0.4, -0.2) is 17.0 Å². The number of nitrogens with two attached hydrogens (primary N) is 1. The van der Waals surface area contributed by atoms with Crippen LogP contribution in [0.3, 0.4) is 0 Å². The normalized spacial score (nSPS) is 17.7. The van der Waals surface area contributed by atoms with Crippen molar-refractivity contribution in [3.8, 4) is 0 Å². The number of anilines is 1. The van der Waals surface area contributed by atoms with Gasteiger partial charge in [-0.05, 0) is 25.0 Å². The highest BCUT2D eigenvalue weighted by Gasteiger charge is 2.48. The lowest BCUT2D eigenvalue weighted by Gasteiger charge is -2.38. The van der Waals surface area contributed by atoms with Crippen LogP contribution in [0.1, 0.15) is 19.3 Å². The third-order valence-electron chi connectivity index (χ3n) is 3.42. The SMILES string of the molecule is N/C(=N/O)C1(C(=O)Nc2ccc(F)cc2F)CCC1. The zero-order valence-electron chi connectivity index (χ0n) is 9.99. The van der Waals surface area contributed by atoms with E-state index in [1.54, 1.807) is 0 Å². The average Bonchev–Trinajstić information content (AvgIpc) is 2.31. The van der Waals surface area contributed by atoms with Crippen LogP contribution in [0, 0.1) is 17.0 Å². The number of nitrogens with zero attached hydrogens (tertiary/aromatic N) is 1. The minimum absolute atomic E-state index is 0.136. The van der Waals surface area contributed by atoms with Crippen molar-refractivity contribution < 1.29 is 18.8 Å². The van der Waals surface area contributed by atoms with Gasteiger partial charge in [-0.2, -0.15) is 0 Å². The summed E-state index contributed by atoms with van der Waals surface area (Å²) in [6.07, 6.45) is 1.62. The Hall–Kier alpha value is -2.18. The molecule has 1 amide bonds. The molecule has 1 aromatic carbocycles. The molecule has 0 saturated heterocycles. The molecule has 1 aliphatic carbocycles. The van der Waals surface area contributed by atoms with Crippen molar-refractivity contribution in [1.82, 2.24) is 0 Å². The molecular formula is C12H13F2N3O2. The molecule has 1 aliphatic rings. The molecule has 0 bridgehead atoms. The summed E-state index contributed by atoms with van der Waals surface area (Å²) in [5.74, 6) is -2.36. The summed E-state index contributed by atoms with van der Waals surface area (Å²) in [6, 6.07) is 2.84. The second-order valence-electron chi connectivity index (χ2n) is 4.50. The predicted octanol–water partition coefficient (Wildman–Crippen LogP) is 1.82. The fraction of sp³-hybridized carbons (Fsp3) is 0.333. The minimum atomic E-state index is -1.10. The van der Waals surface area contributed by atoms with Crippen LogP contribution >= 0.6 is 0 Å². The average molecular weight is 269 g/mol. The monoisotopic (exact) mass is 269 g/mol. The van der Waals surface area contributed by atoms with Gasteiger partial charge in [-0.3, -0.25) is 4.79 Å². The van der Waals surface area contributed by atoms with Crippen LogP contribution in [0.4, 0.5) is 14.5 Å². The van der Waals surface area contributed by atoms with Gasteiger partial charge in [-0.1, -0.05) is 11.6 Å². The zero-order chi connectivity index (χ0) is 14.0. The molecule has 7 heteroatoms. The lowest BCUT2D eigenvalue weighted by molar-refractivity contribution is -0.125. The second kappa shape index (κ2) is 4.83. The zero-order valence-corrected chi connectivity index (χ0v) is 9.99. The Kier molecular flexibility index (Phi) is 3.37. The lowest BCUT2D eigenvalue weighted by Crippen LogP contribution is -2.51. The van der Waals surface area contributed by atoms with Crippen molar-refractivity contribution in [2.75, 3.05) is 5.32 Å². The quantitative estimate of drug-likeness (QED) is 0.338. The molecule has 2 rings (SSSR count). The van der Waals surface area contributed by atoms with E-state index in [2.05, 4.69) is 10.5 Å². The van der Waals surface area contributed by atoms with Crippen LogP contribution in [0.5, 0.6) is 0 Å². The summed E-state index contributed by atoms with van der Waals surface area (Å²) in [7, 11) is 0. The number of nitrogens with one attached hydrogen (secondary N) is 1. The van der Waals surface area contributed by atoms with E-state index in [9.17, 15) is 13.6 Å². The maximum atomic E-state index is 13.4. The molecular weight excluding hydrogens is 256 g/mol. The molecule has 0 aliphatic heterocycles. The van der Waals surface area contributed by atoms with E-state index in [-0.39, 0.29) is 11.5 Å². The Labute approximate surface area is 108 Å². The number of oxime groups is 1. The van der Waals surface area contributed by atoms with E-state index >= 15 is 0 Å². The van der Waals surface area contributed by atoms with Crippen molar-refractivity contribution in [2.45, 2.75) is 19.3 Å². The molecule has 5 nitrogen and oxygen atoms in total. The summed E-state index contributed by atoms with van der Waals surface area (Å²) in [5.41, 5.74) is 4.28. The summed E-state index contributed by atoms with van der Waals surface area (Å²) in [5, 5.41) is 13.9. The molecule has 1 fully saturated rings. The Bertz CT molecular complexity index is 542. The van der Waals surface area contributed by atoms with Gasteiger partial charge in [0.1, 0.15) is 17.0 Å². The van der Waals surface area contributed by atoms with Crippen molar-refractivity contribution in [3.05, 3.63) is 29.8 Å². The number of rotatable bonds is 3. The molecule has 0 aromatic heterocycles. The molecule has 1 saturated carbocycles. The number of hydrogen-bond donors (Lipinski definition) is 3. The van der Waals surface area contributed by atoms with Crippen molar-refractivity contribution >= 4 is 17.4 Å². The Morgan fingerprint density at radius 1 is 1.42 bits per heavy atom. The first-order valence-electron chi connectivity index (χ1n) is 5.74. The second-order valence-corrected chi connectivity index (χ2v) is 4.50. The summed E-state index contributed by atoms with van der Waals surface area (Å²) >= 11 is 0. The highest BCUT2D eigenvalue weighted by molar-refractivity contribution is 6.12. The number of hydrogen-bond acceptors (Lipinski definition) is 3. The van der Waals surface area contributed by atoms with E-state index in [0.717, 1.165) is 18.6 Å². The van der Waals surface area contributed by atoms with Crippen LogP contribution < -0.4 is 11.1 Å². The smallest absolute Gasteiger partial charge is 0.238 e. The van der Waals surface area contributed by atoms with Gasteiger partial charge in [0, 0.05) is 6.07 Å². The standard InChI is InChI=1S/C12H13F2N3O2/c13-7-2-3-9(8(14)6-7)16-11(18)12(4-1-5-12)10(15)17-19/h2-3,6,19H,1,4-5H2,(H2,15,17)(H,16,18). The number of amidine groups is 1. The van der Waals surface area contributed by atoms with Crippen molar-refractivity contribution in [3.63, 3.8) is 0 Å². The van der Waals surface area contributed by atoms with Crippen molar-refractivity contribution in [1.29, 1.82) is 0 Å². The number of amides is 1. The van der Waals surface area contributed by atoms with Crippen LogP contribution in [0.2, 0.25) is 0 Å². The Balaban J connectivity index is 2.21. The van der Waals surface area contributed by atoms with Gasteiger partial charge in [0.05, 0.1) is 5.69 Å². The van der Waals surface area contributed by atoms with Crippen LogP contribution in [0.15, 0.2) is 23.4 Å². The van der Waals surface area contributed by atoms with Gasteiger partial charge in [0.25, 0.3) is 0 Å². The van der Waals surface area contributed by atoms with Gasteiger partial charge >= 0.3 is 0 Å². The first-order valence-corrected chi connectivity index (χ1v) is 5.74. The first kappa shape index (κ1) is 13.3. The fourth-order valence-electron chi connectivity index (χ4n) is 2.06. The van der Waals surface area contributed by atoms with E-state index in [1.165, 1.54) is 0 Å². The first-order chi connectivity index (χ1) is 8.99. The molecule has 0 unspecified atom stereocenters. The molecule has 102 valence electrons. The molecule has 0 radical (unpaired) electrons. The highest BCUT2D eigenvalue weighted by Crippen LogP contribution is 2.42. The molecule has 0 heterocycles. The number of carbonyl (C=O) groups is 1. The largest absolute Gasteiger partial charge is 0.409 e. The van der Waals surface area contributed by atoms with E-state index < -0.39 is 23.0 Å². The van der Waals surface area contributed by atoms with Gasteiger partial charge in [-0.25, -0.2) is 8.78 Å². The van der Waals surface area contributed by atoms with Crippen molar-refractivity contribution in [2.24, 2.45) is 16.3 Å². The maximum absolute atomic E-state index is 13.4. The summed E-state index contributed by atoms with van der Waals surface area (Å²) < 4.78 is 26.2. The lowest BCUT2D eigenvalue weighted by atomic mass is 9.67. The third-order valence-corrected chi connectivity index (χ3v) is 3.42. The van der Waals surface area contributed by atoms with E-state index in [1.807, 2.05) is 0 Å². The number of carbonyl (C=O) groups excluding carboxylic acids is 1. The molecule has 4 N–H and O–H groups in total. The molecule has 0 atom stereocenters. The molecule has 1 aromatic rings. The third kappa shape index (κ3) is 2.23. The highest BCUT2D eigenvalue weighted by atomic mass is 19.1. The van der Waals surface area contributed by atoms with Crippen LogP contribution in [-0.2, 0) is 4.79 Å². The fourth-order valence-corrected chi connectivity index (χ4v) is 2.06. The van der Waals surface area contributed by atoms with Crippen LogP contribution in [0.25, 0.3) is 0 Å². The van der Waals surface area contributed by atoms with Gasteiger partial charge in [0.15, 0.2) is 5.84 Å². The molecule has 19 heavy (non-hydrogen) atoms. The number of halogens is 2. The predicted molar refractivity (Wildman–Crippen MR) is 64.7 cm³/mol. The summed E-state index contributed by atoms with van der Waals surface area (Å²) in [6.45, 7) is 0. The topological polar surface area (TPSA) is 87.7 Å². The molecule has 0 spiro atoms. The van der Waals surface area contributed by atoms with Gasteiger partial charge in [0.2, 0.25) is 5.91 Å². The van der Waals surface area contributed by atoms with E-state index in [4.69, 9.17) is 10.9 Å². The number of benzene rings is 1.